The predicted octanol–water partition coefficient (Wildman–Crippen LogP) is 2.43. The van der Waals surface area contributed by atoms with Gasteiger partial charge in [0.05, 0.1) is 6.07 Å². The molecule has 0 radical (unpaired) electrons. The van der Waals surface area contributed by atoms with Gasteiger partial charge in [-0.1, -0.05) is 11.2 Å². The summed E-state index contributed by atoms with van der Waals surface area (Å²) in [6.07, 6.45) is 0. The zero-order valence-electron chi connectivity index (χ0n) is 8.77. The van der Waals surface area contributed by atoms with Gasteiger partial charge < -0.3 is 0 Å². The molecule has 0 saturated heterocycles. The van der Waals surface area contributed by atoms with E-state index in [0.29, 0.717) is 0 Å². The molecule has 7 heteroatoms. The number of rotatable bonds is 5. The van der Waals surface area contributed by atoms with E-state index in [4.69, 9.17) is 10.8 Å². The van der Waals surface area contributed by atoms with E-state index in [-0.39, 0.29) is 18.7 Å². The van der Waals surface area contributed by atoms with Gasteiger partial charge in [-0.25, -0.2) is 8.78 Å². The summed E-state index contributed by atoms with van der Waals surface area (Å²) in [4.78, 5) is 2.54. The number of hydrogen-bond donors (Lipinski definition) is 1. The van der Waals surface area contributed by atoms with Crippen LogP contribution in [0.15, 0.2) is 23.3 Å². The summed E-state index contributed by atoms with van der Waals surface area (Å²) in [6.45, 7) is 0.386. The summed E-state index contributed by atoms with van der Waals surface area (Å²) in [5.74, 6) is -1.48. The van der Waals surface area contributed by atoms with Crippen LogP contribution in [0.25, 0.3) is 10.4 Å². The molecular weight excluding hydrogens is 228 g/mol. The maximum absolute atomic E-state index is 13.3. The SMILES string of the molecule is N#CC(NCCN=[N+]=[N-])c1ccc(F)cc1F. The molecule has 0 aliphatic rings. The molecule has 0 bridgehead atoms. The van der Waals surface area contributed by atoms with Crippen LogP contribution >= 0.6 is 0 Å². The van der Waals surface area contributed by atoms with Gasteiger partial charge in [-0.15, -0.1) is 0 Å². The molecule has 17 heavy (non-hydrogen) atoms. The van der Waals surface area contributed by atoms with Gasteiger partial charge in [-0.05, 0) is 11.6 Å². The maximum Gasteiger partial charge on any atom is 0.131 e. The molecule has 1 unspecified atom stereocenters. The Kier molecular flexibility index (Phi) is 4.88. The molecule has 88 valence electrons. The molecule has 1 rings (SSSR count). The molecule has 0 aliphatic carbocycles. The van der Waals surface area contributed by atoms with Crippen LogP contribution in [0.1, 0.15) is 11.6 Å². The van der Waals surface area contributed by atoms with E-state index in [1.165, 1.54) is 6.07 Å². The summed E-state index contributed by atoms with van der Waals surface area (Å²) in [6, 6.07) is 3.95. The second kappa shape index (κ2) is 6.43. The van der Waals surface area contributed by atoms with Gasteiger partial charge in [0.1, 0.15) is 17.7 Å². The topological polar surface area (TPSA) is 84.6 Å². The summed E-state index contributed by atoms with van der Waals surface area (Å²) in [7, 11) is 0. The third-order valence-corrected chi connectivity index (χ3v) is 2.03. The molecule has 1 aromatic carbocycles. The van der Waals surface area contributed by atoms with Gasteiger partial charge in [0.25, 0.3) is 0 Å². The summed E-state index contributed by atoms with van der Waals surface area (Å²) in [5.41, 5.74) is 8.11. The fraction of sp³-hybridized carbons (Fsp3) is 0.300. The number of azide groups is 1. The molecule has 0 amide bonds. The van der Waals surface area contributed by atoms with Gasteiger partial charge in [0, 0.05) is 29.6 Å². The molecule has 0 heterocycles. The number of nitrogens with one attached hydrogen (secondary N) is 1. The highest BCUT2D eigenvalue weighted by Crippen LogP contribution is 2.17. The van der Waals surface area contributed by atoms with Gasteiger partial charge in [-0.3, -0.25) is 5.32 Å². The van der Waals surface area contributed by atoms with Crippen LogP contribution in [0.5, 0.6) is 0 Å². The molecule has 1 N–H and O–H groups in total. The monoisotopic (exact) mass is 237 g/mol. The quantitative estimate of drug-likeness (QED) is 0.369. The van der Waals surface area contributed by atoms with Crippen molar-refractivity contribution in [3.8, 4) is 6.07 Å². The van der Waals surface area contributed by atoms with Gasteiger partial charge in [0.15, 0.2) is 0 Å². The van der Waals surface area contributed by atoms with Gasteiger partial charge >= 0.3 is 0 Å². The van der Waals surface area contributed by atoms with Crippen molar-refractivity contribution in [2.45, 2.75) is 6.04 Å². The van der Waals surface area contributed by atoms with Crippen LogP contribution in [-0.2, 0) is 0 Å². The molecule has 1 atom stereocenters. The van der Waals surface area contributed by atoms with Crippen molar-refractivity contribution >= 4 is 0 Å². The zero-order valence-corrected chi connectivity index (χ0v) is 8.77. The van der Waals surface area contributed by atoms with Crippen molar-refractivity contribution in [3.05, 3.63) is 45.8 Å². The Morgan fingerprint density at radius 3 is 2.88 bits per heavy atom. The van der Waals surface area contributed by atoms with E-state index in [9.17, 15) is 8.78 Å². The van der Waals surface area contributed by atoms with Crippen LogP contribution in [-0.4, -0.2) is 13.1 Å². The average molecular weight is 237 g/mol. The largest absolute Gasteiger partial charge is 0.298 e. The first-order valence-corrected chi connectivity index (χ1v) is 4.78. The molecule has 0 saturated carbocycles. The van der Waals surface area contributed by atoms with E-state index in [2.05, 4.69) is 15.3 Å². The first kappa shape index (κ1) is 12.9. The van der Waals surface area contributed by atoms with E-state index in [1.54, 1.807) is 0 Å². The van der Waals surface area contributed by atoms with Crippen molar-refractivity contribution in [2.24, 2.45) is 5.11 Å². The fourth-order valence-corrected chi connectivity index (χ4v) is 1.26. The zero-order chi connectivity index (χ0) is 12.7. The minimum absolute atomic E-state index is 0.0647. The molecule has 5 nitrogen and oxygen atoms in total. The van der Waals surface area contributed by atoms with Crippen LogP contribution in [0.2, 0.25) is 0 Å². The lowest BCUT2D eigenvalue weighted by atomic mass is 10.1. The van der Waals surface area contributed by atoms with Crippen molar-refractivity contribution in [2.75, 3.05) is 13.1 Å². The maximum atomic E-state index is 13.3. The van der Waals surface area contributed by atoms with Gasteiger partial charge in [0.2, 0.25) is 0 Å². The Morgan fingerprint density at radius 2 is 2.29 bits per heavy atom. The summed E-state index contributed by atoms with van der Waals surface area (Å²) < 4.78 is 26.0. The Hall–Kier alpha value is -2.16. The van der Waals surface area contributed by atoms with Crippen LogP contribution in [0.4, 0.5) is 8.78 Å². The standard InChI is InChI=1S/C10H9F2N5/c11-7-1-2-8(9(12)5-7)10(6-13)15-3-4-16-17-14/h1-2,5,10,15H,3-4H2. The van der Waals surface area contributed by atoms with Crippen LogP contribution in [0, 0.1) is 23.0 Å². The molecule has 1 aromatic rings. The lowest BCUT2D eigenvalue weighted by Gasteiger charge is -2.11. The lowest BCUT2D eigenvalue weighted by molar-refractivity contribution is 0.546. The van der Waals surface area contributed by atoms with Crippen molar-refractivity contribution in [3.63, 3.8) is 0 Å². The minimum Gasteiger partial charge on any atom is -0.298 e. The number of nitrogens with zero attached hydrogens (tertiary/aromatic N) is 4. The Bertz CT molecular complexity index is 476. The number of benzene rings is 1. The first-order valence-electron chi connectivity index (χ1n) is 4.78. The van der Waals surface area contributed by atoms with Crippen molar-refractivity contribution < 1.29 is 8.78 Å². The average Bonchev–Trinajstić information content (AvgIpc) is 2.31. The highest BCUT2D eigenvalue weighted by Gasteiger charge is 2.14. The predicted molar refractivity (Wildman–Crippen MR) is 56.7 cm³/mol. The Labute approximate surface area is 96.3 Å². The van der Waals surface area contributed by atoms with Crippen molar-refractivity contribution in [1.29, 1.82) is 5.26 Å². The lowest BCUT2D eigenvalue weighted by Crippen LogP contribution is -2.23. The smallest absolute Gasteiger partial charge is 0.131 e. The molecular formula is C10H9F2N5. The minimum atomic E-state index is -0.899. The van der Waals surface area contributed by atoms with Crippen LogP contribution < -0.4 is 5.32 Å². The van der Waals surface area contributed by atoms with Crippen LogP contribution in [0.3, 0.4) is 0 Å². The molecule has 0 spiro atoms. The number of hydrogen-bond acceptors (Lipinski definition) is 3. The summed E-state index contributed by atoms with van der Waals surface area (Å²) in [5, 5.41) is 14.8. The van der Waals surface area contributed by atoms with E-state index in [0.717, 1.165) is 12.1 Å². The Morgan fingerprint density at radius 1 is 1.53 bits per heavy atom. The normalized spacial score (nSPS) is 11.4. The second-order valence-corrected chi connectivity index (χ2v) is 3.14. The number of halogens is 2. The van der Waals surface area contributed by atoms with Gasteiger partial charge in [-0.2, -0.15) is 5.26 Å². The fourth-order valence-electron chi connectivity index (χ4n) is 1.26. The van der Waals surface area contributed by atoms with E-state index in [1.807, 2.05) is 6.07 Å². The second-order valence-electron chi connectivity index (χ2n) is 3.14. The number of nitriles is 1. The van der Waals surface area contributed by atoms with Crippen molar-refractivity contribution in [1.82, 2.24) is 5.32 Å². The third kappa shape index (κ3) is 3.72. The Balaban J connectivity index is 2.73. The molecule has 0 aliphatic heterocycles. The molecule has 0 fully saturated rings. The third-order valence-electron chi connectivity index (χ3n) is 2.03. The first-order chi connectivity index (χ1) is 8.19. The van der Waals surface area contributed by atoms with E-state index < -0.39 is 17.7 Å². The highest BCUT2D eigenvalue weighted by molar-refractivity contribution is 5.26. The molecule has 0 aromatic heterocycles. The highest BCUT2D eigenvalue weighted by atomic mass is 19.1. The summed E-state index contributed by atoms with van der Waals surface area (Å²) >= 11 is 0. The van der Waals surface area contributed by atoms with E-state index >= 15 is 0 Å².